The van der Waals surface area contributed by atoms with Crippen LogP contribution in [-0.4, -0.2) is 20.9 Å². The maximum Gasteiger partial charge on any atom is 0.354 e. The lowest BCUT2D eigenvalue weighted by molar-refractivity contribution is 0.0687. The smallest absolute Gasteiger partial charge is 0.354 e. The van der Waals surface area contributed by atoms with E-state index in [-0.39, 0.29) is 11.1 Å². The number of aromatic carboxylic acids is 1. The zero-order chi connectivity index (χ0) is 14.2. The molecular formula is C15H18N2O2. The van der Waals surface area contributed by atoms with Gasteiger partial charge in [0.15, 0.2) is 5.69 Å². The highest BCUT2D eigenvalue weighted by atomic mass is 16.4. The first-order chi connectivity index (χ1) is 8.79. The Kier molecular flexibility index (Phi) is 3.18. The lowest BCUT2D eigenvalue weighted by Crippen LogP contribution is -2.12. The lowest BCUT2D eigenvalue weighted by Gasteiger charge is -2.14. The summed E-state index contributed by atoms with van der Waals surface area (Å²) in [6, 6.07) is 9.28. The molecule has 0 bridgehead atoms. The van der Waals surface area contributed by atoms with Gasteiger partial charge in [-0.05, 0) is 25.1 Å². The molecule has 0 saturated carbocycles. The number of nitrogens with zero attached hydrogens (tertiary/aromatic N) is 2. The molecule has 0 spiro atoms. The van der Waals surface area contributed by atoms with Crippen molar-refractivity contribution in [3.05, 3.63) is 47.3 Å². The molecule has 0 unspecified atom stereocenters. The largest absolute Gasteiger partial charge is 0.477 e. The van der Waals surface area contributed by atoms with Crippen molar-refractivity contribution in [2.45, 2.75) is 33.1 Å². The predicted octanol–water partition coefficient (Wildman–Crippen LogP) is 3.18. The van der Waals surface area contributed by atoms with Crippen LogP contribution >= 0.6 is 0 Å². The van der Waals surface area contributed by atoms with Crippen molar-refractivity contribution in [1.82, 2.24) is 9.78 Å². The number of carbonyl (C=O) groups is 1. The van der Waals surface area contributed by atoms with Crippen molar-refractivity contribution in [2.75, 3.05) is 0 Å². The third-order valence-corrected chi connectivity index (χ3v) is 2.98. The Morgan fingerprint density at radius 1 is 1.21 bits per heavy atom. The van der Waals surface area contributed by atoms with Gasteiger partial charge in [0.25, 0.3) is 0 Å². The molecule has 2 rings (SSSR count). The van der Waals surface area contributed by atoms with Gasteiger partial charge in [-0.3, -0.25) is 0 Å². The molecule has 1 aromatic carbocycles. The minimum atomic E-state index is -0.969. The van der Waals surface area contributed by atoms with Crippen LogP contribution in [0.5, 0.6) is 0 Å². The topological polar surface area (TPSA) is 55.1 Å². The van der Waals surface area contributed by atoms with E-state index in [9.17, 15) is 9.90 Å². The minimum absolute atomic E-state index is 0.180. The van der Waals surface area contributed by atoms with E-state index < -0.39 is 5.97 Å². The van der Waals surface area contributed by atoms with Crippen molar-refractivity contribution < 1.29 is 9.90 Å². The molecule has 100 valence electrons. The van der Waals surface area contributed by atoms with E-state index in [1.54, 1.807) is 6.07 Å². The van der Waals surface area contributed by atoms with Crippen LogP contribution in [0.2, 0.25) is 0 Å². The highest BCUT2D eigenvalue weighted by Crippen LogP contribution is 2.23. The Balaban J connectivity index is 2.58. The molecule has 1 aromatic heterocycles. The van der Waals surface area contributed by atoms with Crippen LogP contribution in [0, 0.1) is 6.92 Å². The summed E-state index contributed by atoms with van der Waals surface area (Å²) in [5.41, 5.74) is 2.67. The SMILES string of the molecule is Cc1ccc(-n2nc(C(C)(C)C)cc2C(=O)O)cc1. The number of hydrogen-bond acceptors (Lipinski definition) is 2. The summed E-state index contributed by atoms with van der Waals surface area (Å²) in [7, 11) is 0. The second kappa shape index (κ2) is 4.53. The first kappa shape index (κ1) is 13.3. The first-order valence-electron chi connectivity index (χ1n) is 6.20. The van der Waals surface area contributed by atoms with E-state index in [4.69, 9.17) is 0 Å². The van der Waals surface area contributed by atoms with Gasteiger partial charge in [-0.15, -0.1) is 0 Å². The number of aryl methyl sites for hydroxylation is 1. The van der Waals surface area contributed by atoms with Crippen LogP contribution < -0.4 is 0 Å². The molecule has 19 heavy (non-hydrogen) atoms. The molecule has 0 radical (unpaired) electrons. The van der Waals surface area contributed by atoms with Gasteiger partial charge in [-0.25, -0.2) is 9.48 Å². The van der Waals surface area contributed by atoms with Crippen LogP contribution in [0.3, 0.4) is 0 Å². The van der Waals surface area contributed by atoms with Gasteiger partial charge in [0.05, 0.1) is 11.4 Å². The third-order valence-electron chi connectivity index (χ3n) is 2.98. The van der Waals surface area contributed by atoms with Crippen LogP contribution in [0.1, 0.15) is 42.5 Å². The molecule has 4 heteroatoms. The summed E-state index contributed by atoms with van der Waals surface area (Å²) in [6.07, 6.45) is 0. The Labute approximate surface area is 112 Å². The quantitative estimate of drug-likeness (QED) is 0.900. The lowest BCUT2D eigenvalue weighted by atomic mass is 9.92. The zero-order valence-electron chi connectivity index (χ0n) is 11.6. The molecule has 0 amide bonds. The summed E-state index contributed by atoms with van der Waals surface area (Å²) in [5, 5.41) is 13.7. The molecule has 4 nitrogen and oxygen atoms in total. The fourth-order valence-corrected chi connectivity index (χ4v) is 1.78. The number of rotatable bonds is 2. The van der Waals surface area contributed by atoms with Crippen LogP contribution in [0.15, 0.2) is 30.3 Å². The Bertz CT molecular complexity index is 604. The van der Waals surface area contributed by atoms with Crippen LogP contribution in [0.25, 0.3) is 5.69 Å². The van der Waals surface area contributed by atoms with Gasteiger partial charge in [0.1, 0.15) is 0 Å². The van der Waals surface area contributed by atoms with Crippen molar-refractivity contribution >= 4 is 5.97 Å². The highest BCUT2D eigenvalue weighted by molar-refractivity contribution is 5.86. The molecule has 0 aliphatic carbocycles. The minimum Gasteiger partial charge on any atom is -0.477 e. The third kappa shape index (κ3) is 2.67. The number of benzene rings is 1. The van der Waals surface area contributed by atoms with Crippen molar-refractivity contribution in [3.8, 4) is 5.69 Å². The molecule has 0 aliphatic rings. The van der Waals surface area contributed by atoms with E-state index in [0.29, 0.717) is 0 Å². The van der Waals surface area contributed by atoms with Gasteiger partial charge >= 0.3 is 5.97 Å². The second-order valence-electron chi connectivity index (χ2n) is 5.72. The molecule has 1 N–H and O–H groups in total. The maximum absolute atomic E-state index is 11.3. The summed E-state index contributed by atoms with van der Waals surface area (Å²) in [4.78, 5) is 11.3. The molecular weight excluding hydrogens is 240 g/mol. The molecule has 1 heterocycles. The first-order valence-corrected chi connectivity index (χ1v) is 6.20. The number of aromatic nitrogens is 2. The fourth-order valence-electron chi connectivity index (χ4n) is 1.78. The normalized spacial score (nSPS) is 11.6. The van der Waals surface area contributed by atoms with Crippen molar-refractivity contribution in [3.63, 3.8) is 0 Å². The summed E-state index contributed by atoms with van der Waals surface area (Å²) >= 11 is 0. The standard InChI is InChI=1S/C15H18N2O2/c1-10-5-7-11(8-6-10)17-12(14(18)19)9-13(16-17)15(2,3)4/h5-9H,1-4H3,(H,18,19). The molecule has 0 aliphatic heterocycles. The zero-order valence-corrected chi connectivity index (χ0v) is 11.6. The van der Waals surface area contributed by atoms with E-state index in [0.717, 1.165) is 16.9 Å². The summed E-state index contributed by atoms with van der Waals surface area (Å²) in [6.45, 7) is 8.03. The second-order valence-corrected chi connectivity index (χ2v) is 5.72. The Hall–Kier alpha value is -2.10. The van der Waals surface area contributed by atoms with Crippen molar-refractivity contribution in [1.29, 1.82) is 0 Å². The average molecular weight is 258 g/mol. The van der Waals surface area contributed by atoms with E-state index in [1.165, 1.54) is 4.68 Å². The average Bonchev–Trinajstić information content (AvgIpc) is 2.74. The predicted molar refractivity (Wildman–Crippen MR) is 74.0 cm³/mol. The van der Waals surface area contributed by atoms with Crippen LogP contribution in [0.4, 0.5) is 0 Å². The summed E-state index contributed by atoms with van der Waals surface area (Å²) in [5.74, 6) is -0.969. The number of hydrogen-bond donors (Lipinski definition) is 1. The maximum atomic E-state index is 11.3. The molecule has 2 aromatic rings. The molecule has 0 saturated heterocycles. The molecule has 0 atom stereocenters. The highest BCUT2D eigenvalue weighted by Gasteiger charge is 2.23. The number of carboxylic acid groups (broad SMARTS) is 1. The van der Waals surface area contributed by atoms with Crippen LogP contribution in [-0.2, 0) is 5.41 Å². The van der Waals surface area contributed by atoms with Gasteiger partial charge in [0, 0.05) is 5.41 Å². The summed E-state index contributed by atoms with van der Waals surface area (Å²) < 4.78 is 1.49. The Morgan fingerprint density at radius 2 is 1.79 bits per heavy atom. The van der Waals surface area contributed by atoms with Gasteiger partial charge in [-0.2, -0.15) is 5.10 Å². The number of carboxylic acids is 1. The van der Waals surface area contributed by atoms with E-state index in [2.05, 4.69) is 5.10 Å². The van der Waals surface area contributed by atoms with E-state index in [1.807, 2.05) is 52.0 Å². The monoisotopic (exact) mass is 258 g/mol. The van der Waals surface area contributed by atoms with E-state index >= 15 is 0 Å². The Morgan fingerprint density at radius 3 is 2.26 bits per heavy atom. The van der Waals surface area contributed by atoms with Gasteiger partial charge < -0.3 is 5.11 Å². The van der Waals surface area contributed by atoms with Crippen molar-refractivity contribution in [2.24, 2.45) is 0 Å². The molecule has 0 fully saturated rings. The fraction of sp³-hybridized carbons (Fsp3) is 0.333. The van der Waals surface area contributed by atoms with Gasteiger partial charge in [-0.1, -0.05) is 38.5 Å². The van der Waals surface area contributed by atoms with Gasteiger partial charge in [0.2, 0.25) is 0 Å².